The first kappa shape index (κ1) is 16.2. The van der Waals surface area contributed by atoms with Crippen LogP contribution in [0.3, 0.4) is 0 Å². The van der Waals surface area contributed by atoms with Crippen LogP contribution in [0.2, 0.25) is 0 Å². The number of sulfonamides is 1. The second-order valence-electron chi connectivity index (χ2n) is 3.72. The molecule has 1 aromatic rings. The number of carboxylic acid groups (broad SMARTS) is 1. The van der Waals surface area contributed by atoms with Crippen molar-refractivity contribution < 1.29 is 36.6 Å². The first-order valence-electron chi connectivity index (χ1n) is 5.16. The number of halogens is 3. The van der Waals surface area contributed by atoms with E-state index < -0.39 is 51.3 Å². The summed E-state index contributed by atoms with van der Waals surface area (Å²) in [7, 11) is -4.43. The fourth-order valence-corrected chi connectivity index (χ4v) is 2.43. The van der Waals surface area contributed by atoms with Crippen molar-refractivity contribution >= 4 is 16.0 Å². The molecule has 112 valence electrons. The molecular formula is C10H10F3NO5S. The number of carbonyl (C=O) groups is 1. The zero-order valence-electron chi connectivity index (χ0n) is 9.81. The van der Waals surface area contributed by atoms with Crippen LogP contribution in [0.5, 0.6) is 5.75 Å². The van der Waals surface area contributed by atoms with E-state index in [-0.39, 0.29) is 6.07 Å². The molecule has 0 fully saturated rings. The lowest BCUT2D eigenvalue weighted by atomic mass is 10.2. The molecule has 0 bridgehead atoms. The third-order valence-electron chi connectivity index (χ3n) is 2.21. The first-order valence-corrected chi connectivity index (χ1v) is 6.64. The highest BCUT2D eigenvalue weighted by molar-refractivity contribution is 7.89. The largest absolute Gasteiger partial charge is 0.507 e. The van der Waals surface area contributed by atoms with Gasteiger partial charge in [-0.05, 0) is 18.2 Å². The molecule has 0 spiro atoms. The molecule has 0 aliphatic carbocycles. The van der Waals surface area contributed by atoms with Crippen LogP contribution in [0, 0.1) is 0 Å². The fraction of sp³-hybridized carbons (Fsp3) is 0.300. The van der Waals surface area contributed by atoms with Crippen molar-refractivity contribution in [1.82, 2.24) is 4.72 Å². The molecule has 0 heterocycles. The molecule has 0 unspecified atom stereocenters. The van der Waals surface area contributed by atoms with Gasteiger partial charge in [-0.15, -0.1) is 0 Å². The van der Waals surface area contributed by atoms with E-state index in [1.807, 2.05) is 0 Å². The van der Waals surface area contributed by atoms with Crippen molar-refractivity contribution in [3.8, 4) is 5.75 Å². The van der Waals surface area contributed by atoms with Crippen LogP contribution >= 0.6 is 0 Å². The summed E-state index contributed by atoms with van der Waals surface area (Å²) in [6.45, 7) is -0.507. The molecule has 0 amide bonds. The van der Waals surface area contributed by atoms with Gasteiger partial charge in [0.05, 0.1) is 12.0 Å². The average molecular weight is 313 g/mol. The molecule has 10 heteroatoms. The Bertz CT molecular complexity index is 612. The number of rotatable bonds is 5. The second-order valence-corrected chi connectivity index (χ2v) is 5.46. The van der Waals surface area contributed by atoms with Gasteiger partial charge >= 0.3 is 12.1 Å². The van der Waals surface area contributed by atoms with E-state index in [0.29, 0.717) is 12.1 Å². The molecule has 0 saturated carbocycles. The SMILES string of the molecule is O=C(O)CCNS(=O)(=O)c1cc(C(F)(F)F)ccc1O. The number of aliphatic carboxylic acids is 1. The lowest BCUT2D eigenvalue weighted by Gasteiger charge is -2.11. The van der Waals surface area contributed by atoms with Crippen LogP contribution in [-0.2, 0) is 21.0 Å². The Kier molecular flexibility index (Phi) is 4.61. The maximum atomic E-state index is 12.5. The van der Waals surface area contributed by atoms with Gasteiger partial charge in [0.15, 0.2) is 0 Å². The summed E-state index contributed by atoms with van der Waals surface area (Å²) >= 11 is 0. The Balaban J connectivity index is 3.08. The van der Waals surface area contributed by atoms with Crippen molar-refractivity contribution in [1.29, 1.82) is 0 Å². The number of benzene rings is 1. The number of carboxylic acids is 1. The Labute approximate surface area is 111 Å². The van der Waals surface area contributed by atoms with Crippen LogP contribution in [-0.4, -0.2) is 31.1 Å². The van der Waals surface area contributed by atoms with E-state index >= 15 is 0 Å². The maximum absolute atomic E-state index is 12.5. The molecule has 0 radical (unpaired) electrons. The molecule has 6 nitrogen and oxygen atoms in total. The summed E-state index contributed by atoms with van der Waals surface area (Å²) in [4.78, 5) is 9.28. The number of hydrogen-bond donors (Lipinski definition) is 3. The van der Waals surface area contributed by atoms with Crippen molar-refractivity contribution in [3.63, 3.8) is 0 Å². The Morgan fingerprint density at radius 2 is 1.90 bits per heavy atom. The minimum absolute atomic E-state index is 0.276. The fourth-order valence-electron chi connectivity index (χ4n) is 1.28. The number of alkyl halides is 3. The Morgan fingerprint density at radius 1 is 1.30 bits per heavy atom. The summed E-state index contributed by atoms with van der Waals surface area (Å²) in [6, 6.07) is 1.42. The second kappa shape index (κ2) is 5.67. The Morgan fingerprint density at radius 3 is 2.40 bits per heavy atom. The summed E-state index contributed by atoms with van der Waals surface area (Å²) < 4.78 is 62.6. The third kappa shape index (κ3) is 4.10. The molecule has 3 N–H and O–H groups in total. The minimum atomic E-state index is -4.76. The van der Waals surface area contributed by atoms with Gasteiger partial charge in [0.25, 0.3) is 0 Å². The van der Waals surface area contributed by atoms with Gasteiger partial charge in [0.2, 0.25) is 10.0 Å². The maximum Gasteiger partial charge on any atom is 0.416 e. The summed E-state index contributed by atoms with van der Waals surface area (Å²) in [6.07, 6.45) is -5.31. The summed E-state index contributed by atoms with van der Waals surface area (Å²) in [5.41, 5.74) is -1.24. The zero-order chi connectivity index (χ0) is 15.6. The topological polar surface area (TPSA) is 104 Å². The lowest BCUT2D eigenvalue weighted by Crippen LogP contribution is -2.26. The number of phenolic OH excluding ortho intramolecular Hbond substituents is 1. The van der Waals surface area contributed by atoms with Crippen molar-refractivity contribution in [2.24, 2.45) is 0 Å². The number of phenols is 1. The smallest absolute Gasteiger partial charge is 0.416 e. The highest BCUT2D eigenvalue weighted by Gasteiger charge is 2.32. The number of nitrogens with one attached hydrogen (secondary N) is 1. The van der Waals surface area contributed by atoms with E-state index in [1.165, 1.54) is 0 Å². The monoisotopic (exact) mass is 313 g/mol. The Hall–Kier alpha value is -1.81. The van der Waals surface area contributed by atoms with Gasteiger partial charge in [-0.2, -0.15) is 13.2 Å². The normalized spacial score (nSPS) is 12.3. The third-order valence-corrected chi connectivity index (χ3v) is 3.70. The van der Waals surface area contributed by atoms with Gasteiger partial charge in [-0.3, -0.25) is 4.79 Å². The van der Waals surface area contributed by atoms with Crippen molar-refractivity contribution in [2.75, 3.05) is 6.54 Å². The zero-order valence-corrected chi connectivity index (χ0v) is 10.6. The first-order chi connectivity index (χ1) is 9.04. The van der Waals surface area contributed by atoms with Crippen molar-refractivity contribution in [2.45, 2.75) is 17.5 Å². The minimum Gasteiger partial charge on any atom is -0.507 e. The van der Waals surface area contributed by atoms with Gasteiger partial charge in [-0.1, -0.05) is 0 Å². The number of hydrogen-bond acceptors (Lipinski definition) is 4. The van der Waals surface area contributed by atoms with Crippen LogP contribution in [0.15, 0.2) is 23.1 Å². The van der Waals surface area contributed by atoms with E-state index in [0.717, 1.165) is 0 Å². The lowest BCUT2D eigenvalue weighted by molar-refractivity contribution is -0.138. The van der Waals surface area contributed by atoms with Crippen LogP contribution in [0.25, 0.3) is 0 Å². The molecule has 1 rings (SSSR count). The summed E-state index contributed by atoms with van der Waals surface area (Å²) in [5.74, 6) is -2.14. The van der Waals surface area contributed by atoms with Crippen LogP contribution < -0.4 is 4.72 Å². The standard InChI is InChI=1S/C10H10F3NO5S/c11-10(12,13)6-1-2-7(15)8(5-6)20(18,19)14-4-3-9(16)17/h1-2,5,14-15H,3-4H2,(H,16,17). The molecule has 20 heavy (non-hydrogen) atoms. The predicted octanol–water partition coefficient (Wildman–Crippen LogP) is 1.16. The van der Waals surface area contributed by atoms with Gasteiger partial charge in [-0.25, -0.2) is 13.1 Å². The van der Waals surface area contributed by atoms with Gasteiger partial charge in [0, 0.05) is 6.54 Å². The number of aromatic hydroxyl groups is 1. The predicted molar refractivity (Wildman–Crippen MR) is 60.6 cm³/mol. The molecular weight excluding hydrogens is 303 g/mol. The molecule has 0 aliphatic heterocycles. The summed E-state index contributed by atoms with van der Waals surface area (Å²) in [5, 5.41) is 17.7. The molecule has 0 atom stereocenters. The molecule has 1 aromatic carbocycles. The van der Waals surface area contributed by atoms with E-state index in [1.54, 1.807) is 4.72 Å². The van der Waals surface area contributed by atoms with Crippen molar-refractivity contribution in [3.05, 3.63) is 23.8 Å². The highest BCUT2D eigenvalue weighted by atomic mass is 32.2. The van der Waals surface area contributed by atoms with E-state index in [4.69, 9.17) is 5.11 Å². The van der Waals surface area contributed by atoms with Crippen LogP contribution in [0.4, 0.5) is 13.2 Å². The van der Waals surface area contributed by atoms with Gasteiger partial charge in [0.1, 0.15) is 10.6 Å². The quantitative estimate of drug-likeness (QED) is 0.757. The highest BCUT2D eigenvalue weighted by Crippen LogP contribution is 2.33. The van der Waals surface area contributed by atoms with E-state index in [9.17, 15) is 31.5 Å². The average Bonchev–Trinajstić information content (AvgIpc) is 2.26. The molecule has 0 aromatic heterocycles. The van der Waals surface area contributed by atoms with E-state index in [2.05, 4.69) is 0 Å². The molecule has 0 saturated heterocycles. The van der Waals surface area contributed by atoms with Gasteiger partial charge < -0.3 is 10.2 Å². The van der Waals surface area contributed by atoms with Crippen LogP contribution in [0.1, 0.15) is 12.0 Å². The molecule has 0 aliphatic rings.